The maximum atomic E-state index is 12.0. The highest BCUT2D eigenvalue weighted by Gasteiger charge is 2.23. The van der Waals surface area contributed by atoms with Crippen molar-refractivity contribution >= 4 is 11.9 Å². The van der Waals surface area contributed by atoms with Gasteiger partial charge in [-0.05, 0) is 31.0 Å². The SMILES string of the molecule is O=C(NC1CC1)c1ccc(-c2ccnc(N3CCOCC3)n2)cc1. The topological polar surface area (TPSA) is 67.4 Å². The van der Waals surface area contributed by atoms with E-state index in [1.54, 1.807) is 6.20 Å². The third-order valence-electron chi connectivity index (χ3n) is 4.29. The normalized spacial score (nSPS) is 17.6. The molecule has 1 saturated carbocycles. The van der Waals surface area contributed by atoms with Crippen molar-refractivity contribution < 1.29 is 9.53 Å². The molecule has 2 fully saturated rings. The molecule has 6 nitrogen and oxygen atoms in total. The molecule has 4 rings (SSSR count). The number of morpholine rings is 1. The fourth-order valence-corrected chi connectivity index (χ4v) is 2.71. The van der Waals surface area contributed by atoms with Crippen molar-refractivity contribution in [1.29, 1.82) is 0 Å². The molecule has 0 radical (unpaired) electrons. The molecule has 6 heteroatoms. The highest BCUT2D eigenvalue weighted by Crippen LogP contribution is 2.22. The van der Waals surface area contributed by atoms with E-state index in [0.29, 0.717) is 24.8 Å². The summed E-state index contributed by atoms with van der Waals surface area (Å²) >= 11 is 0. The van der Waals surface area contributed by atoms with Gasteiger partial charge in [0.25, 0.3) is 5.91 Å². The van der Waals surface area contributed by atoms with Crippen LogP contribution in [0.1, 0.15) is 23.2 Å². The van der Waals surface area contributed by atoms with Gasteiger partial charge in [-0.15, -0.1) is 0 Å². The van der Waals surface area contributed by atoms with Crippen molar-refractivity contribution in [1.82, 2.24) is 15.3 Å². The van der Waals surface area contributed by atoms with E-state index >= 15 is 0 Å². The van der Waals surface area contributed by atoms with E-state index in [1.807, 2.05) is 30.3 Å². The summed E-state index contributed by atoms with van der Waals surface area (Å²) in [5.41, 5.74) is 2.53. The van der Waals surface area contributed by atoms with Crippen molar-refractivity contribution in [3.63, 3.8) is 0 Å². The molecule has 1 aliphatic heterocycles. The zero-order valence-corrected chi connectivity index (χ0v) is 13.4. The van der Waals surface area contributed by atoms with Crippen molar-refractivity contribution in [2.45, 2.75) is 18.9 Å². The first-order chi connectivity index (χ1) is 11.8. The molecule has 0 bridgehead atoms. The van der Waals surface area contributed by atoms with E-state index in [-0.39, 0.29) is 5.91 Å². The number of carbonyl (C=O) groups is 1. The Labute approximate surface area is 140 Å². The Morgan fingerprint density at radius 1 is 1.12 bits per heavy atom. The number of anilines is 1. The number of aromatic nitrogens is 2. The number of nitrogens with one attached hydrogen (secondary N) is 1. The summed E-state index contributed by atoms with van der Waals surface area (Å²) in [6, 6.07) is 9.84. The number of carbonyl (C=O) groups excluding carboxylic acids is 1. The average molecular weight is 324 g/mol. The van der Waals surface area contributed by atoms with Crippen molar-refractivity contribution in [3.05, 3.63) is 42.1 Å². The maximum absolute atomic E-state index is 12.0. The molecule has 24 heavy (non-hydrogen) atoms. The summed E-state index contributed by atoms with van der Waals surface area (Å²) in [5, 5.41) is 3.00. The van der Waals surface area contributed by atoms with Crippen molar-refractivity contribution in [2.24, 2.45) is 0 Å². The lowest BCUT2D eigenvalue weighted by molar-refractivity contribution is 0.0951. The van der Waals surface area contributed by atoms with Crippen LogP contribution in [-0.4, -0.2) is 48.2 Å². The first kappa shape index (κ1) is 15.1. The predicted molar refractivity (Wildman–Crippen MR) is 91.0 cm³/mol. The molecular formula is C18H20N4O2. The second kappa shape index (κ2) is 6.57. The first-order valence-corrected chi connectivity index (χ1v) is 8.37. The molecule has 0 atom stereocenters. The molecule has 1 aromatic carbocycles. The largest absolute Gasteiger partial charge is 0.378 e. The number of hydrogen-bond acceptors (Lipinski definition) is 5. The lowest BCUT2D eigenvalue weighted by atomic mass is 10.1. The summed E-state index contributed by atoms with van der Waals surface area (Å²) in [7, 11) is 0. The minimum atomic E-state index is 0.000688. The van der Waals surface area contributed by atoms with Crippen molar-refractivity contribution in [3.8, 4) is 11.3 Å². The van der Waals surface area contributed by atoms with E-state index in [9.17, 15) is 4.79 Å². The number of benzene rings is 1. The van der Waals surface area contributed by atoms with Gasteiger partial charge in [-0.2, -0.15) is 0 Å². The van der Waals surface area contributed by atoms with Crippen LogP contribution in [0.25, 0.3) is 11.3 Å². The lowest BCUT2D eigenvalue weighted by Crippen LogP contribution is -2.37. The molecule has 0 spiro atoms. The summed E-state index contributed by atoms with van der Waals surface area (Å²) in [5.74, 6) is 0.729. The molecule has 1 amide bonds. The predicted octanol–water partition coefficient (Wildman–Crippen LogP) is 1.87. The molecule has 1 saturated heterocycles. The number of hydrogen-bond donors (Lipinski definition) is 1. The van der Waals surface area contributed by atoms with Crippen LogP contribution in [0.2, 0.25) is 0 Å². The van der Waals surface area contributed by atoms with E-state index < -0.39 is 0 Å². The van der Waals surface area contributed by atoms with Crippen molar-refractivity contribution in [2.75, 3.05) is 31.2 Å². The van der Waals surface area contributed by atoms with Gasteiger partial charge in [-0.3, -0.25) is 4.79 Å². The van der Waals surface area contributed by atoms with Crippen LogP contribution in [-0.2, 0) is 4.74 Å². The monoisotopic (exact) mass is 324 g/mol. The van der Waals surface area contributed by atoms with Gasteiger partial charge in [-0.25, -0.2) is 9.97 Å². The summed E-state index contributed by atoms with van der Waals surface area (Å²) in [4.78, 5) is 23.2. The minimum absolute atomic E-state index is 0.000688. The number of nitrogens with zero attached hydrogens (tertiary/aromatic N) is 3. The number of amides is 1. The van der Waals surface area contributed by atoms with Gasteiger partial charge in [0.05, 0.1) is 18.9 Å². The molecule has 1 aromatic heterocycles. The van der Waals surface area contributed by atoms with Gasteiger partial charge in [0.15, 0.2) is 0 Å². The lowest BCUT2D eigenvalue weighted by Gasteiger charge is -2.26. The zero-order valence-electron chi connectivity index (χ0n) is 13.4. The molecule has 2 aromatic rings. The average Bonchev–Trinajstić information content (AvgIpc) is 3.47. The van der Waals surface area contributed by atoms with Gasteiger partial charge in [0.2, 0.25) is 5.95 Å². The Morgan fingerprint density at radius 2 is 1.88 bits per heavy atom. The third kappa shape index (κ3) is 3.38. The van der Waals surface area contributed by atoms with Crippen LogP contribution in [0.15, 0.2) is 36.5 Å². The smallest absolute Gasteiger partial charge is 0.251 e. The number of rotatable bonds is 4. The van der Waals surface area contributed by atoms with Gasteiger partial charge in [0.1, 0.15) is 0 Å². The molecule has 2 heterocycles. The zero-order chi connectivity index (χ0) is 16.4. The van der Waals surface area contributed by atoms with Gasteiger partial charge < -0.3 is 15.0 Å². The van der Waals surface area contributed by atoms with Crippen LogP contribution in [0.5, 0.6) is 0 Å². The highest BCUT2D eigenvalue weighted by molar-refractivity contribution is 5.95. The molecular weight excluding hydrogens is 304 g/mol. The standard InChI is InChI=1S/C18H20N4O2/c23-17(20-15-5-6-15)14-3-1-13(2-4-14)16-7-8-19-18(21-16)22-9-11-24-12-10-22/h1-4,7-8,15H,5-6,9-12H2,(H,20,23). The highest BCUT2D eigenvalue weighted by atomic mass is 16.5. The maximum Gasteiger partial charge on any atom is 0.251 e. The van der Waals surface area contributed by atoms with E-state index in [4.69, 9.17) is 4.74 Å². The molecule has 1 N–H and O–H groups in total. The Morgan fingerprint density at radius 3 is 2.58 bits per heavy atom. The van der Waals surface area contributed by atoms with E-state index in [2.05, 4.69) is 20.2 Å². The Kier molecular flexibility index (Phi) is 4.13. The minimum Gasteiger partial charge on any atom is -0.378 e. The molecule has 124 valence electrons. The van der Waals surface area contributed by atoms with Crippen LogP contribution in [0.3, 0.4) is 0 Å². The van der Waals surface area contributed by atoms with Gasteiger partial charge in [-0.1, -0.05) is 12.1 Å². The Balaban J connectivity index is 1.51. The Hall–Kier alpha value is -2.47. The first-order valence-electron chi connectivity index (χ1n) is 8.37. The van der Waals surface area contributed by atoms with Crippen LogP contribution in [0, 0.1) is 0 Å². The van der Waals surface area contributed by atoms with Gasteiger partial charge >= 0.3 is 0 Å². The molecule has 2 aliphatic rings. The summed E-state index contributed by atoms with van der Waals surface area (Å²) in [6.45, 7) is 3.03. The molecule has 0 unspecified atom stereocenters. The van der Waals surface area contributed by atoms with Crippen LogP contribution < -0.4 is 10.2 Å². The second-order valence-electron chi connectivity index (χ2n) is 6.17. The third-order valence-corrected chi connectivity index (χ3v) is 4.29. The quantitative estimate of drug-likeness (QED) is 0.930. The van der Waals surface area contributed by atoms with Gasteiger partial charge in [0, 0.05) is 36.5 Å². The van der Waals surface area contributed by atoms with E-state index in [0.717, 1.165) is 43.1 Å². The van der Waals surface area contributed by atoms with E-state index in [1.165, 1.54) is 0 Å². The summed E-state index contributed by atoms with van der Waals surface area (Å²) < 4.78 is 5.37. The van der Waals surface area contributed by atoms with Crippen LogP contribution in [0.4, 0.5) is 5.95 Å². The summed E-state index contributed by atoms with van der Waals surface area (Å²) in [6.07, 6.45) is 3.96. The molecule has 1 aliphatic carbocycles. The second-order valence-corrected chi connectivity index (χ2v) is 6.17. The Bertz CT molecular complexity index is 722. The fraction of sp³-hybridized carbons (Fsp3) is 0.389. The number of ether oxygens (including phenoxy) is 1. The fourth-order valence-electron chi connectivity index (χ4n) is 2.71. The van der Waals surface area contributed by atoms with Crippen LogP contribution >= 0.6 is 0 Å².